The highest BCUT2D eigenvalue weighted by Gasteiger charge is 2.19. The van der Waals surface area contributed by atoms with Crippen LogP contribution in [0.5, 0.6) is 5.75 Å². The third kappa shape index (κ3) is 4.42. The van der Waals surface area contributed by atoms with Gasteiger partial charge in [-0.25, -0.2) is 0 Å². The molecule has 0 amide bonds. The average Bonchev–Trinajstić information content (AvgIpc) is 3.10. The van der Waals surface area contributed by atoms with Crippen LogP contribution in [0.4, 0.5) is 0 Å². The van der Waals surface area contributed by atoms with Gasteiger partial charge in [-0.15, -0.1) is 0 Å². The van der Waals surface area contributed by atoms with Crippen molar-refractivity contribution in [2.24, 2.45) is 0 Å². The van der Waals surface area contributed by atoms with Crippen LogP contribution in [0.2, 0.25) is 0 Å². The second-order valence-corrected chi connectivity index (χ2v) is 11.3. The van der Waals surface area contributed by atoms with Crippen LogP contribution in [0.1, 0.15) is 0 Å². The van der Waals surface area contributed by atoms with E-state index in [1.807, 2.05) is 0 Å². The van der Waals surface area contributed by atoms with Gasteiger partial charge in [-0.1, -0.05) is 133 Å². The van der Waals surface area contributed by atoms with E-state index in [0.29, 0.717) is 0 Å². The molecule has 0 bridgehead atoms. The third-order valence-corrected chi connectivity index (χ3v) is 8.73. The maximum atomic E-state index is 5.83. The summed E-state index contributed by atoms with van der Waals surface area (Å²) in [5.74, 6) is 0.848. The molecule has 8 aromatic carbocycles. The van der Waals surface area contributed by atoms with E-state index in [4.69, 9.17) is 4.74 Å². The van der Waals surface area contributed by atoms with E-state index in [2.05, 4.69) is 164 Å². The van der Waals surface area contributed by atoms with Crippen LogP contribution < -0.4 is 4.74 Å². The van der Waals surface area contributed by atoms with Crippen molar-refractivity contribution in [2.45, 2.75) is 0 Å². The molecule has 44 heavy (non-hydrogen) atoms. The predicted octanol–water partition coefficient (Wildman–Crippen LogP) is 11.8. The molecule has 0 N–H and O–H groups in total. The van der Waals surface area contributed by atoms with E-state index in [1.165, 1.54) is 76.8 Å². The molecule has 0 unspecified atom stereocenters. The normalized spacial score (nSPS) is 11.3. The highest BCUT2D eigenvalue weighted by atomic mass is 16.5. The monoisotopic (exact) mass is 562 g/mol. The SMILES string of the molecule is COc1ccc2c(-c3cccc4ccccc34)c3ccccc3c(-c3cc(-c4ccccc4)cc(-c4ccccc4)c3)c2c1. The summed E-state index contributed by atoms with van der Waals surface area (Å²) in [7, 11) is 1.75. The van der Waals surface area contributed by atoms with Crippen LogP contribution in [0.25, 0.3) is 76.8 Å². The number of hydrogen-bond donors (Lipinski definition) is 0. The minimum Gasteiger partial charge on any atom is -0.497 e. The third-order valence-electron chi connectivity index (χ3n) is 8.73. The summed E-state index contributed by atoms with van der Waals surface area (Å²) in [6, 6.07) is 59.1. The maximum absolute atomic E-state index is 5.83. The zero-order chi connectivity index (χ0) is 29.5. The van der Waals surface area contributed by atoms with Crippen molar-refractivity contribution in [3.8, 4) is 50.3 Å². The molecule has 0 aliphatic carbocycles. The van der Waals surface area contributed by atoms with E-state index in [1.54, 1.807) is 7.11 Å². The number of rotatable bonds is 5. The fraction of sp³-hybridized carbons (Fsp3) is 0.0233. The molecule has 0 saturated carbocycles. The predicted molar refractivity (Wildman–Crippen MR) is 187 cm³/mol. The van der Waals surface area contributed by atoms with Crippen molar-refractivity contribution in [3.63, 3.8) is 0 Å². The molecule has 0 heterocycles. The first kappa shape index (κ1) is 26.0. The van der Waals surface area contributed by atoms with Crippen LogP contribution in [0, 0.1) is 0 Å². The van der Waals surface area contributed by atoms with E-state index in [0.717, 1.165) is 5.75 Å². The Balaban J connectivity index is 1.52. The van der Waals surface area contributed by atoms with Gasteiger partial charge in [-0.2, -0.15) is 0 Å². The van der Waals surface area contributed by atoms with Gasteiger partial charge < -0.3 is 4.74 Å². The Morgan fingerprint density at radius 2 is 0.864 bits per heavy atom. The van der Waals surface area contributed by atoms with Gasteiger partial charge in [0.25, 0.3) is 0 Å². The summed E-state index contributed by atoms with van der Waals surface area (Å²) in [6.45, 7) is 0. The Kier molecular flexibility index (Phi) is 6.43. The highest BCUT2D eigenvalue weighted by molar-refractivity contribution is 6.24. The summed E-state index contributed by atoms with van der Waals surface area (Å²) >= 11 is 0. The molecule has 0 radical (unpaired) electrons. The molecule has 0 aromatic heterocycles. The standard InChI is InChI=1S/C43H30O/c1-44-35-23-24-40-41(28-35)42(34-26-32(29-13-4-2-5-14-29)25-33(27-34)30-15-6-3-7-16-30)38-20-10-11-21-39(38)43(40)37-22-12-18-31-17-8-9-19-36(31)37/h2-28H,1H3. The Morgan fingerprint density at radius 3 is 1.52 bits per heavy atom. The zero-order valence-corrected chi connectivity index (χ0v) is 24.5. The van der Waals surface area contributed by atoms with E-state index < -0.39 is 0 Å². The van der Waals surface area contributed by atoms with Crippen LogP contribution in [0.3, 0.4) is 0 Å². The lowest BCUT2D eigenvalue weighted by molar-refractivity contribution is 0.415. The number of methoxy groups -OCH3 is 1. The van der Waals surface area contributed by atoms with E-state index in [-0.39, 0.29) is 0 Å². The quantitative estimate of drug-likeness (QED) is 0.190. The van der Waals surface area contributed by atoms with Gasteiger partial charge >= 0.3 is 0 Å². The molecule has 0 fully saturated rings. The number of ether oxygens (including phenoxy) is 1. The van der Waals surface area contributed by atoms with Crippen LogP contribution >= 0.6 is 0 Å². The molecular formula is C43H30O. The topological polar surface area (TPSA) is 9.23 Å². The van der Waals surface area contributed by atoms with Crippen molar-refractivity contribution in [1.29, 1.82) is 0 Å². The van der Waals surface area contributed by atoms with E-state index in [9.17, 15) is 0 Å². The van der Waals surface area contributed by atoms with Crippen molar-refractivity contribution in [2.75, 3.05) is 7.11 Å². The van der Waals surface area contributed by atoms with Gasteiger partial charge in [0.2, 0.25) is 0 Å². The maximum Gasteiger partial charge on any atom is 0.119 e. The van der Waals surface area contributed by atoms with Crippen LogP contribution in [-0.4, -0.2) is 7.11 Å². The molecule has 0 aliphatic rings. The van der Waals surface area contributed by atoms with Gasteiger partial charge in [0.05, 0.1) is 7.11 Å². The number of benzene rings is 8. The van der Waals surface area contributed by atoms with Crippen molar-refractivity contribution < 1.29 is 4.74 Å². The van der Waals surface area contributed by atoms with Crippen LogP contribution in [0.15, 0.2) is 164 Å². The molecule has 0 atom stereocenters. The largest absolute Gasteiger partial charge is 0.497 e. The minimum atomic E-state index is 0.848. The molecule has 0 saturated heterocycles. The average molecular weight is 563 g/mol. The Labute approximate surface area is 257 Å². The molecule has 0 aliphatic heterocycles. The molecule has 8 rings (SSSR count). The second-order valence-electron chi connectivity index (χ2n) is 11.3. The summed E-state index contributed by atoms with van der Waals surface area (Å²) in [6.07, 6.45) is 0. The summed E-state index contributed by atoms with van der Waals surface area (Å²) < 4.78 is 5.83. The Morgan fingerprint density at radius 1 is 0.341 bits per heavy atom. The fourth-order valence-electron chi connectivity index (χ4n) is 6.70. The van der Waals surface area contributed by atoms with Gasteiger partial charge in [0.1, 0.15) is 5.75 Å². The lowest BCUT2D eigenvalue weighted by atomic mass is 9.83. The van der Waals surface area contributed by atoms with Gasteiger partial charge in [0, 0.05) is 0 Å². The molecule has 1 nitrogen and oxygen atoms in total. The Hall–Kier alpha value is -5.66. The summed E-state index contributed by atoms with van der Waals surface area (Å²) in [5, 5.41) is 7.34. The molecule has 208 valence electrons. The van der Waals surface area contributed by atoms with Crippen molar-refractivity contribution in [3.05, 3.63) is 164 Å². The molecule has 0 spiro atoms. The van der Waals surface area contributed by atoms with E-state index >= 15 is 0 Å². The van der Waals surface area contributed by atoms with Gasteiger partial charge in [-0.3, -0.25) is 0 Å². The molecular weight excluding hydrogens is 532 g/mol. The Bertz CT molecular complexity index is 2240. The van der Waals surface area contributed by atoms with Crippen LogP contribution in [-0.2, 0) is 0 Å². The van der Waals surface area contributed by atoms with Gasteiger partial charge in [0.15, 0.2) is 0 Å². The zero-order valence-electron chi connectivity index (χ0n) is 24.5. The lowest BCUT2D eigenvalue weighted by Crippen LogP contribution is -1.94. The number of fused-ring (bicyclic) bond motifs is 3. The van der Waals surface area contributed by atoms with Crippen molar-refractivity contribution in [1.82, 2.24) is 0 Å². The van der Waals surface area contributed by atoms with Gasteiger partial charge in [-0.05, 0) is 107 Å². The lowest BCUT2D eigenvalue weighted by Gasteiger charge is -2.20. The second kappa shape index (κ2) is 10.9. The molecule has 8 aromatic rings. The summed E-state index contributed by atoms with van der Waals surface area (Å²) in [5.41, 5.74) is 9.68. The van der Waals surface area contributed by atoms with Crippen molar-refractivity contribution >= 4 is 32.3 Å². The number of hydrogen-bond acceptors (Lipinski definition) is 1. The minimum absolute atomic E-state index is 0.848. The first-order chi connectivity index (χ1) is 21.8. The first-order valence-electron chi connectivity index (χ1n) is 15.1. The first-order valence-corrected chi connectivity index (χ1v) is 15.1. The fourth-order valence-corrected chi connectivity index (χ4v) is 6.70. The smallest absolute Gasteiger partial charge is 0.119 e. The summed E-state index contributed by atoms with van der Waals surface area (Å²) in [4.78, 5) is 0. The molecule has 1 heteroatoms. The highest BCUT2D eigenvalue weighted by Crippen LogP contribution is 2.47.